The molecule has 2 aliphatic rings. The molecule has 0 unspecified atom stereocenters. The summed E-state index contributed by atoms with van der Waals surface area (Å²) in [5, 5.41) is 8.48. The summed E-state index contributed by atoms with van der Waals surface area (Å²) in [6, 6.07) is 7.15. The van der Waals surface area contributed by atoms with Crippen LogP contribution in [0.15, 0.2) is 71.7 Å². The third kappa shape index (κ3) is 4.64. The zero-order valence-corrected chi connectivity index (χ0v) is 23.0. The van der Waals surface area contributed by atoms with Crippen LogP contribution in [0.5, 0.6) is 0 Å². The number of fused-ring (bicyclic) bond motifs is 2. The lowest BCUT2D eigenvalue weighted by molar-refractivity contribution is -0.137. The molecular formula is C28H24F4N6O3S. The molecule has 0 saturated carbocycles. The Balaban J connectivity index is 1.46. The van der Waals surface area contributed by atoms with Crippen molar-refractivity contribution in [3.63, 3.8) is 0 Å². The smallest absolute Gasteiger partial charge is 0.291 e. The fourth-order valence-electron chi connectivity index (χ4n) is 5.58. The molecule has 9 nitrogen and oxygen atoms in total. The van der Waals surface area contributed by atoms with Gasteiger partial charge in [-0.3, -0.25) is 14.5 Å². The van der Waals surface area contributed by atoms with E-state index in [1.807, 2.05) is 6.92 Å². The molecule has 14 heteroatoms. The highest BCUT2D eigenvalue weighted by Gasteiger charge is 2.51. The summed E-state index contributed by atoms with van der Waals surface area (Å²) in [6.07, 6.45) is 2.23. The highest BCUT2D eigenvalue weighted by Crippen LogP contribution is 2.47. The number of benzene rings is 1. The first-order valence-corrected chi connectivity index (χ1v) is 14.5. The van der Waals surface area contributed by atoms with Crippen molar-refractivity contribution in [1.82, 2.24) is 28.9 Å². The summed E-state index contributed by atoms with van der Waals surface area (Å²) in [5.74, 6) is -1.14. The second kappa shape index (κ2) is 9.98. The van der Waals surface area contributed by atoms with Crippen molar-refractivity contribution < 1.29 is 30.8 Å². The molecule has 0 radical (unpaired) electrons. The maximum Gasteiger partial charge on any atom is 0.416 e. The number of hydrogen-bond acceptors (Lipinski definition) is 6. The standard InChI is InChI=1S/C28H24F4N6O3S/c1-2-36-16-23(15-34-36)42(40,41)37-10-8-19-12-25-18(14-35-38(25)22-5-3-21(29)4-6-22)13-27(19,17-37)26(39)24-11-20(7-9-33-24)28(30,31)32/h3-7,9,11-12,14-16H,2,8,10,13,17H2,1H3/t27-/m0/s1. The van der Waals surface area contributed by atoms with Gasteiger partial charge in [0.1, 0.15) is 16.4 Å². The van der Waals surface area contributed by atoms with Crippen molar-refractivity contribution in [3.05, 3.63) is 95.1 Å². The SMILES string of the molecule is CCn1cc(S(=O)(=O)N2CCC3=Cc4c(cnn4-c4ccc(F)cc4)C[C@]3(C(=O)c3cc(C(F)(F)F)ccn3)C2)cn1. The summed E-state index contributed by atoms with van der Waals surface area (Å²) in [7, 11) is -4.09. The van der Waals surface area contributed by atoms with Gasteiger partial charge in [-0.15, -0.1) is 0 Å². The maximum atomic E-state index is 14.2. The van der Waals surface area contributed by atoms with Crippen molar-refractivity contribution in [2.45, 2.75) is 37.4 Å². The Morgan fingerprint density at radius 2 is 1.86 bits per heavy atom. The van der Waals surface area contributed by atoms with E-state index >= 15 is 0 Å². The molecule has 1 aliphatic heterocycles. The molecule has 1 atom stereocenters. The van der Waals surface area contributed by atoms with Gasteiger partial charge < -0.3 is 0 Å². The largest absolute Gasteiger partial charge is 0.416 e. The number of nitrogens with zero attached hydrogens (tertiary/aromatic N) is 6. The van der Waals surface area contributed by atoms with E-state index in [1.54, 1.807) is 22.9 Å². The van der Waals surface area contributed by atoms with Crippen LogP contribution >= 0.6 is 0 Å². The number of sulfonamides is 1. The number of carbonyl (C=O) groups excluding carboxylic acids is 1. The molecule has 1 aromatic carbocycles. The van der Waals surface area contributed by atoms with Crippen LogP contribution in [-0.2, 0) is 29.2 Å². The van der Waals surface area contributed by atoms with Crippen molar-refractivity contribution in [3.8, 4) is 5.69 Å². The molecule has 4 heterocycles. The summed E-state index contributed by atoms with van der Waals surface area (Å²) in [5.41, 5.74) is -0.648. The Morgan fingerprint density at radius 3 is 2.55 bits per heavy atom. The van der Waals surface area contributed by atoms with Gasteiger partial charge in [0.25, 0.3) is 0 Å². The topological polar surface area (TPSA) is 103 Å². The third-order valence-electron chi connectivity index (χ3n) is 7.78. The zero-order valence-electron chi connectivity index (χ0n) is 22.2. The van der Waals surface area contributed by atoms with Gasteiger partial charge in [0.05, 0.1) is 34.8 Å². The Morgan fingerprint density at radius 1 is 1.10 bits per heavy atom. The van der Waals surface area contributed by atoms with Crippen LogP contribution in [0, 0.1) is 11.2 Å². The van der Waals surface area contributed by atoms with Crippen molar-refractivity contribution in [2.75, 3.05) is 13.1 Å². The number of halogens is 4. The molecule has 0 amide bonds. The number of aryl methyl sites for hydroxylation is 1. The summed E-state index contributed by atoms with van der Waals surface area (Å²) in [6.45, 7) is 1.99. The lowest BCUT2D eigenvalue weighted by Gasteiger charge is -2.44. The zero-order chi connectivity index (χ0) is 29.9. The lowest BCUT2D eigenvalue weighted by atomic mass is 9.65. The van der Waals surface area contributed by atoms with Crippen LogP contribution in [-0.4, -0.2) is 56.1 Å². The average molecular weight is 601 g/mol. The fraction of sp³-hybridized carbons (Fsp3) is 0.286. The molecule has 4 aromatic rings. The van der Waals surface area contributed by atoms with Crippen LogP contribution in [0.3, 0.4) is 0 Å². The Kier molecular flexibility index (Phi) is 6.65. The molecular weight excluding hydrogens is 576 g/mol. The van der Waals surface area contributed by atoms with E-state index in [1.165, 1.54) is 39.7 Å². The summed E-state index contributed by atoms with van der Waals surface area (Å²) in [4.78, 5) is 18.2. The number of hydrogen-bond donors (Lipinski definition) is 0. The molecule has 6 rings (SSSR count). The van der Waals surface area contributed by atoms with Gasteiger partial charge in [-0.1, -0.05) is 5.57 Å². The van der Waals surface area contributed by atoms with E-state index in [9.17, 15) is 30.8 Å². The number of Topliss-reactive ketones (excluding diaryl/α,β-unsaturated/α-hetero) is 1. The van der Waals surface area contributed by atoms with Gasteiger partial charge in [0.15, 0.2) is 5.78 Å². The molecule has 42 heavy (non-hydrogen) atoms. The number of ketones is 1. The molecule has 0 spiro atoms. The van der Waals surface area contributed by atoms with Gasteiger partial charge >= 0.3 is 6.18 Å². The second-order valence-corrected chi connectivity index (χ2v) is 12.2. The summed E-state index contributed by atoms with van der Waals surface area (Å²) >= 11 is 0. The first-order valence-electron chi connectivity index (χ1n) is 13.1. The van der Waals surface area contributed by atoms with Gasteiger partial charge in [0.2, 0.25) is 10.0 Å². The van der Waals surface area contributed by atoms with Gasteiger partial charge in [-0.2, -0.15) is 27.7 Å². The Labute approximate surface area is 238 Å². The first-order chi connectivity index (χ1) is 19.9. The van der Waals surface area contributed by atoms with Crippen LogP contribution < -0.4 is 0 Å². The van der Waals surface area contributed by atoms with Crippen molar-refractivity contribution >= 4 is 21.9 Å². The van der Waals surface area contributed by atoms with E-state index in [2.05, 4.69) is 15.2 Å². The molecule has 3 aromatic heterocycles. The summed E-state index contributed by atoms with van der Waals surface area (Å²) < 4.78 is 85.8. The molecule has 0 N–H and O–H groups in total. The molecule has 218 valence electrons. The lowest BCUT2D eigenvalue weighted by Crippen LogP contribution is -2.53. The average Bonchev–Trinajstić information content (AvgIpc) is 3.63. The predicted molar refractivity (Wildman–Crippen MR) is 142 cm³/mol. The van der Waals surface area contributed by atoms with Crippen LogP contribution in [0.2, 0.25) is 0 Å². The number of piperidine rings is 1. The number of rotatable bonds is 6. The minimum Gasteiger partial charge on any atom is -0.291 e. The first kappa shape index (κ1) is 28.0. The number of pyridine rings is 1. The number of aromatic nitrogens is 5. The molecule has 1 saturated heterocycles. The monoisotopic (exact) mass is 600 g/mol. The minimum absolute atomic E-state index is 0.0215. The number of alkyl halides is 3. The van der Waals surface area contributed by atoms with Crippen molar-refractivity contribution in [2.24, 2.45) is 5.41 Å². The van der Waals surface area contributed by atoms with E-state index in [0.29, 0.717) is 35.1 Å². The van der Waals surface area contributed by atoms with Crippen LogP contribution in [0.4, 0.5) is 17.6 Å². The van der Waals surface area contributed by atoms with Gasteiger partial charge in [0, 0.05) is 32.0 Å². The van der Waals surface area contributed by atoms with Gasteiger partial charge in [-0.05, 0) is 67.8 Å². The third-order valence-corrected chi connectivity index (χ3v) is 9.58. The van der Waals surface area contributed by atoms with E-state index < -0.39 is 44.5 Å². The van der Waals surface area contributed by atoms with E-state index in [4.69, 9.17) is 0 Å². The number of carbonyl (C=O) groups is 1. The Bertz CT molecular complexity index is 1830. The predicted octanol–water partition coefficient (Wildman–Crippen LogP) is 4.55. The Hall–Kier alpha value is -4.17. The molecule has 0 bridgehead atoms. The van der Waals surface area contributed by atoms with E-state index in [0.717, 1.165) is 12.3 Å². The van der Waals surface area contributed by atoms with Crippen LogP contribution in [0.25, 0.3) is 11.8 Å². The van der Waals surface area contributed by atoms with Gasteiger partial charge in [-0.25, -0.2) is 17.5 Å². The normalized spacial score (nSPS) is 19.2. The highest BCUT2D eigenvalue weighted by atomic mass is 32.2. The minimum atomic E-state index is -4.70. The molecule has 1 fully saturated rings. The maximum absolute atomic E-state index is 14.2. The van der Waals surface area contributed by atoms with Crippen LogP contribution in [0.1, 0.15) is 40.7 Å². The second-order valence-electron chi connectivity index (χ2n) is 10.2. The van der Waals surface area contributed by atoms with Crippen molar-refractivity contribution in [1.29, 1.82) is 0 Å². The fourth-order valence-corrected chi connectivity index (χ4v) is 7.04. The van der Waals surface area contributed by atoms with E-state index in [-0.39, 0.29) is 30.8 Å². The molecule has 1 aliphatic carbocycles. The highest BCUT2D eigenvalue weighted by molar-refractivity contribution is 7.89. The quantitative estimate of drug-likeness (QED) is 0.238.